The van der Waals surface area contributed by atoms with E-state index in [1.807, 2.05) is 36.9 Å². The predicted octanol–water partition coefficient (Wildman–Crippen LogP) is 3.48. The number of Topliss-reactive ketones (excluding diaryl/α,β-unsaturated/α-hetero) is 1. The van der Waals surface area contributed by atoms with Gasteiger partial charge < -0.3 is 35.6 Å². The predicted molar refractivity (Wildman–Crippen MR) is 167 cm³/mol. The SMILES string of the molecule is CC(=O)CCCCCCc1ncc(Cn2c(Sc3cc4c(cc3C)OCO4)nc3c(N)ncnc32)[nH]1.CN1CC(C(N)=O)C1. The van der Waals surface area contributed by atoms with E-state index >= 15 is 0 Å². The lowest BCUT2D eigenvalue weighted by molar-refractivity contribution is -0.126. The van der Waals surface area contributed by atoms with Gasteiger partial charge >= 0.3 is 0 Å². The monoisotopic (exact) mass is 621 g/mol. The Kier molecular flexibility index (Phi) is 10.0. The van der Waals surface area contributed by atoms with Crippen LogP contribution in [0.25, 0.3) is 11.2 Å². The minimum absolute atomic E-state index is 0.125. The maximum Gasteiger partial charge on any atom is 0.231 e. The zero-order valence-electron chi connectivity index (χ0n) is 25.3. The van der Waals surface area contributed by atoms with Crippen molar-refractivity contribution in [3.8, 4) is 11.5 Å². The molecule has 1 amide bonds. The lowest BCUT2D eigenvalue weighted by Gasteiger charge is -2.33. The number of nitrogen functional groups attached to an aromatic ring is 1. The Morgan fingerprint density at radius 3 is 2.55 bits per heavy atom. The Bertz CT molecular complexity index is 1630. The molecule has 0 atom stereocenters. The van der Waals surface area contributed by atoms with Gasteiger partial charge in [0.05, 0.1) is 24.4 Å². The van der Waals surface area contributed by atoms with Gasteiger partial charge in [0.15, 0.2) is 33.6 Å². The first-order chi connectivity index (χ1) is 21.2. The quantitative estimate of drug-likeness (QED) is 0.197. The summed E-state index contributed by atoms with van der Waals surface area (Å²) in [4.78, 5) is 45.8. The Morgan fingerprint density at radius 2 is 1.84 bits per heavy atom. The number of likely N-dealkylation sites (tertiary alicyclic amines) is 1. The van der Waals surface area contributed by atoms with Crippen LogP contribution in [0, 0.1) is 12.8 Å². The Morgan fingerprint density at radius 1 is 1.09 bits per heavy atom. The van der Waals surface area contributed by atoms with Crippen LogP contribution in [0.4, 0.5) is 5.82 Å². The number of aryl methyl sites for hydroxylation is 2. The fraction of sp³-hybridized carbons (Fsp3) is 0.467. The summed E-state index contributed by atoms with van der Waals surface area (Å²) in [5.74, 6) is 3.00. The van der Waals surface area contributed by atoms with Crippen molar-refractivity contribution in [1.29, 1.82) is 0 Å². The second-order valence-corrected chi connectivity index (χ2v) is 12.3. The topological polar surface area (TPSA) is 180 Å². The number of nitrogens with one attached hydrogen (secondary N) is 1. The number of fused-ring (bicyclic) bond motifs is 2. The molecule has 4 aromatic rings. The first-order valence-corrected chi connectivity index (χ1v) is 15.5. The third-order valence-electron chi connectivity index (χ3n) is 7.57. The van der Waals surface area contributed by atoms with E-state index in [2.05, 4.69) is 24.8 Å². The summed E-state index contributed by atoms with van der Waals surface area (Å²) in [5, 5.41) is 0.751. The highest BCUT2D eigenvalue weighted by molar-refractivity contribution is 7.99. The molecule has 0 radical (unpaired) electrons. The van der Waals surface area contributed by atoms with Crippen molar-refractivity contribution in [2.45, 2.75) is 69.0 Å². The molecule has 0 saturated carbocycles. The molecular weight excluding hydrogens is 582 g/mol. The number of imidazole rings is 2. The number of primary amides is 1. The largest absolute Gasteiger partial charge is 0.454 e. The third-order valence-corrected chi connectivity index (χ3v) is 8.72. The van der Waals surface area contributed by atoms with Crippen LogP contribution >= 0.6 is 11.8 Å². The molecule has 0 aliphatic carbocycles. The summed E-state index contributed by atoms with van der Waals surface area (Å²) in [6.45, 7) is 6.12. The van der Waals surface area contributed by atoms with E-state index in [1.165, 1.54) is 18.1 Å². The molecular formula is C30H39N9O4S. The van der Waals surface area contributed by atoms with Crippen molar-refractivity contribution in [3.63, 3.8) is 0 Å². The van der Waals surface area contributed by atoms with Crippen LogP contribution in [-0.4, -0.2) is 73.0 Å². The smallest absolute Gasteiger partial charge is 0.231 e. The van der Waals surface area contributed by atoms with Gasteiger partial charge in [-0.25, -0.2) is 19.9 Å². The van der Waals surface area contributed by atoms with Gasteiger partial charge in [-0.3, -0.25) is 9.36 Å². The number of rotatable bonds is 12. The van der Waals surface area contributed by atoms with Gasteiger partial charge in [0.1, 0.15) is 17.9 Å². The van der Waals surface area contributed by atoms with E-state index in [0.717, 1.165) is 83.8 Å². The summed E-state index contributed by atoms with van der Waals surface area (Å²) in [5.41, 5.74) is 14.4. The summed E-state index contributed by atoms with van der Waals surface area (Å²) in [6.07, 6.45) is 9.01. The zero-order chi connectivity index (χ0) is 31.2. The fourth-order valence-electron chi connectivity index (χ4n) is 5.07. The first-order valence-electron chi connectivity index (χ1n) is 14.7. The summed E-state index contributed by atoms with van der Waals surface area (Å²) in [6, 6.07) is 3.96. The Hall–Kier alpha value is -4.17. The highest BCUT2D eigenvalue weighted by Crippen LogP contribution is 2.41. The number of ether oxygens (including phenoxy) is 2. The van der Waals surface area contributed by atoms with Gasteiger partial charge in [-0.15, -0.1) is 0 Å². The molecule has 3 aromatic heterocycles. The van der Waals surface area contributed by atoms with E-state index < -0.39 is 0 Å². The van der Waals surface area contributed by atoms with Crippen LogP contribution in [-0.2, 0) is 22.6 Å². The molecule has 2 aliphatic heterocycles. The minimum atomic E-state index is -0.164. The molecule has 0 spiro atoms. The number of benzene rings is 1. The molecule has 14 heteroatoms. The molecule has 13 nitrogen and oxygen atoms in total. The van der Waals surface area contributed by atoms with E-state index in [4.69, 9.17) is 25.9 Å². The lowest BCUT2D eigenvalue weighted by atomic mass is 10.0. The van der Waals surface area contributed by atoms with Crippen molar-refractivity contribution in [3.05, 3.63) is 41.7 Å². The fourth-order valence-corrected chi connectivity index (χ4v) is 6.05. The second-order valence-electron chi connectivity index (χ2n) is 11.3. The molecule has 2 aliphatic rings. The number of hydrogen-bond acceptors (Lipinski definition) is 11. The molecule has 5 heterocycles. The number of hydrogen-bond donors (Lipinski definition) is 3. The standard InChI is InChI=1S/C25H29N7O3S.C5H10N2O/c1-15-9-18-19(35-14-34-18)10-20(15)36-25-31-22-23(26)28-13-29-24(22)32(25)12-17-11-27-21(30-17)8-6-4-3-5-7-16(2)33;1-7-2-4(3-7)5(6)8/h9-11,13H,3-8,12,14H2,1-2H3,(H,27,30)(H2,26,28,29);4H,2-3H2,1H3,(H2,6,8). The number of carbonyl (C=O) groups excluding carboxylic acids is 2. The molecule has 1 fully saturated rings. The summed E-state index contributed by atoms with van der Waals surface area (Å²) in [7, 11) is 1.97. The number of nitrogens with zero attached hydrogens (tertiary/aromatic N) is 6. The number of anilines is 1. The molecule has 1 aromatic carbocycles. The normalized spacial score (nSPS) is 14.3. The van der Waals surface area contributed by atoms with Crippen LogP contribution in [0.2, 0.25) is 0 Å². The van der Waals surface area contributed by atoms with Gasteiger partial charge in [-0.05, 0) is 51.4 Å². The number of amides is 1. The van der Waals surface area contributed by atoms with Crippen LogP contribution in [0.15, 0.2) is 34.7 Å². The van der Waals surface area contributed by atoms with Crippen LogP contribution < -0.4 is 20.9 Å². The number of unbranched alkanes of at least 4 members (excludes halogenated alkanes) is 3. The van der Waals surface area contributed by atoms with Gasteiger partial charge in [-0.1, -0.05) is 24.6 Å². The molecule has 0 unspecified atom stereocenters. The molecule has 1 saturated heterocycles. The maximum atomic E-state index is 11.1. The van der Waals surface area contributed by atoms with Crippen molar-refractivity contribution in [2.75, 3.05) is 32.7 Å². The lowest BCUT2D eigenvalue weighted by Crippen LogP contribution is -2.50. The molecule has 234 valence electrons. The average molecular weight is 622 g/mol. The van der Waals surface area contributed by atoms with E-state index in [1.54, 1.807) is 6.92 Å². The van der Waals surface area contributed by atoms with Gasteiger partial charge in [0.2, 0.25) is 12.7 Å². The number of nitrogens with two attached hydrogens (primary N) is 2. The van der Waals surface area contributed by atoms with Gasteiger partial charge in [0.25, 0.3) is 0 Å². The Balaban J connectivity index is 0.000000418. The second kappa shape index (κ2) is 14.1. The highest BCUT2D eigenvalue weighted by atomic mass is 32.2. The summed E-state index contributed by atoms with van der Waals surface area (Å²) < 4.78 is 13.1. The summed E-state index contributed by atoms with van der Waals surface area (Å²) >= 11 is 1.53. The number of H-pyrrole nitrogens is 1. The Labute approximate surface area is 260 Å². The van der Waals surface area contributed by atoms with Crippen molar-refractivity contribution in [1.82, 2.24) is 34.4 Å². The number of ketones is 1. The van der Waals surface area contributed by atoms with Crippen LogP contribution in [0.1, 0.15) is 56.1 Å². The maximum absolute atomic E-state index is 11.1. The van der Waals surface area contributed by atoms with Gasteiger partial charge in [-0.2, -0.15) is 0 Å². The number of aromatic amines is 1. The van der Waals surface area contributed by atoms with E-state index in [9.17, 15) is 9.59 Å². The number of carbonyl (C=O) groups is 2. The van der Waals surface area contributed by atoms with Crippen molar-refractivity contribution >= 4 is 40.4 Å². The van der Waals surface area contributed by atoms with Gasteiger partial charge in [0, 0.05) is 30.8 Å². The van der Waals surface area contributed by atoms with Crippen LogP contribution in [0.5, 0.6) is 11.5 Å². The van der Waals surface area contributed by atoms with Crippen molar-refractivity contribution < 1.29 is 19.1 Å². The number of aromatic nitrogens is 6. The van der Waals surface area contributed by atoms with Crippen molar-refractivity contribution in [2.24, 2.45) is 11.7 Å². The first kappa shape index (κ1) is 31.3. The highest BCUT2D eigenvalue weighted by Gasteiger charge is 2.27. The minimum Gasteiger partial charge on any atom is -0.454 e. The zero-order valence-corrected chi connectivity index (χ0v) is 26.2. The van der Waals surface area contributed by atoms with E-state index in [0.29, 0.717) is 29.9 Å². The molecule has 6 rings (SSSR count). The molecule has 5 N–H and O–H groups in total. The van der Waals surface area contributed by atoms with Crippen LogP contribution in [0.3, 0.4) is 0 Å². The molecule has 44 heavy (non-hydrogen) atoms. The average Bonchev–Trinajstić information content (AvgIpc) is 3.69. The van der Waals surface area contributed by atoms with E-state index in [-0.39, 0.29) is 24.4 Å². The third kappa shape index (κ3) is 7.66. The molecule has 0 bridgehead atoms.